The van der Waals surface area contributed by atoms with Crippen molar-refractivity contribution in [3.05, 3.63) is 58.4 Å². The molecule has 0 saturated carbocycles. The number of rotatable bonds is 5. The molecule has 1 N–H and O–H groups in total. The van der Waals surface area contributed by atoms with Gasteiger partial charge in [0.25, 0.3) is 6.17 Å². The van der Waals surface area contributed by atoms with E-state index in [1.54, 1.807) is 22.8 Å². The Labute approximate surface area is 183 Å². The Bertz CT molecular complexity index is 1210. The third-order valence-corrected chi connectivity index (χ3v) is 5.65. The third-order valence-electron chi connectivity index (χ3n) is 5.08. The first-order valence-corrected chi connectivity index (χ1v) is 11.0. The Morgan fingerprint density at radius 3 is 2.71 bits per heavy atom. The maximum atomic E-state index is 13.1. The number of carbonyl (C=O) groups excluding carboxylic acids is 1. The van der Waals surface area contributed by atoms with E-state index in [1.807, 2.05) is 49.6 Å². The number of nitrogens with one attached hydrogen (secondary N) is 1. The summed E-state index contributed by atoms with van der Waals surface area (Å²) in [7, 11) is 1.58. The number of H-pyrrole nitrogens is 1. The number of carbonyl (C=O) groups is 1. The zero-order valence-electron chi connectivity index (χ0n) is 17.7. The standard InChI is InChI=1S/C22H22N4O4S/c1-5-30-18-12-14(10-11-17(18)29-3)21-25(13(2)27)16-9-7-6-8-15(16)19-20(28)23-22(31-4)24-26(19)21/h6-12,21H,5H2,1-4H3/p+1/t21-/m0/s1. The molecule has 1 aliphatic rings. The van der Waals surface area contributed by atoms with E-state index in [2.05, 4.69) is 10.1 Å². The van der Waals surface area contributed by atoms with Crippen molar-refractivity contribution >= 4 is 23.4 Å². The number of aromatic nitrogens is 3. The van der Waals surface area contributed by atoms with Crippen LogP contribution in [0.3, 0.4) is 0 Å². The van der Waals surface area contributed by atoms with Gasteiger partial charge in [-0.25, -0.2) is 4.90 Å². The lowest BCUT2D eigenvalue weighted by molar-refractivity contribution is -0.763. The monoisotopic (exact) mass is 439 g/mol. The summed E-state index contributed by atoms with van der Waals surface area (Å²) in [4.78, 5) is 30.4. The molecule has 31 heavy (non-hydrogen) atoms. The normalized spacial score (nSPS) is 14.6. The van der Waals surface area contributed by atoms with E-state index in [1.165, 1.54) is 18.7 Å². The fourth-order valence-electron chi connectivity index (χ4n) is 3.83. The molecule has 0 saturated heterocycles. The lowest BCUT2D eigenvalue weighted by Gasteiger charge is -2.31. The Kier molecular flexibility index (Phi) is 5.69. The fraction of sp³-hybridized carbons (Fsp3) is 0.273. The summed E-state index contributed by atoms with van der Waals surface area (Å²) in [5, 5.41) is 5.12. The number of benzene rings is 2. The van der Waals surface area contributed by atoms with Gasteiger partial charge in [-0.1, -0.05) is 23.9 Å². The Hall–Kier alpha value is -3.33. The fourth-order valence-corrected chi connectivity index (χ4v) is 4.19. The molecule has 1 amide bonds. The van der Waals surface area contributed by atoms with Crippen LogP contribution in [-0.4, -0.2) is 36.0 Å². The van der Waals surface area contributed by atoms with Crippen LogP contribution < -0.4 is 24.6 Å². The van der Waals surface area contributed by atoms with Crippen molar-refractivity contribution in [1.82, 2.24) is 10.1 Å². The van der Waals surface area contributed by atoms with Gasteiger partial charge in [-0.05, 0) is 48.2 Å². The van der Waals surface area contributed by atoms with E-state index in [-0.39, 0.29) is 11.5 Å². The smallest absolute Gasteiger partial charge is 0.325 e. The topological polar surface area (TPSA) is 88.4 Å². The molecule has 0 fully saturated rings. The number of para-hydroxylation sites is 1. The molecule has 3 aromatic rings. The Morgan fingerprint density at radius 1 is 1.26 bits per heavy atom. The summed E-state index contributed by atoms with van der Waals surface area (Å²) < 4.78 is 12.8. The summed E-state index contributed by atoms with van der Waals surface area (Å²) in [6, 6.07) is 12.8. The number of nitrogens with zero attached hydrogens (tertiary/aromatic N) is 3. The Balaban J connectivity index is 2.04. The molecule has 0 radical (unpaired) electrons. The zero-order chi connectivity index (χ0) is 22.1. The maximum Gasteiger partial charge on any atom is 0.325 e. The molecule has 1 atom stereocenters. The average molecular weight is 440 g/mol. The van der Waals surface area contributed by atoms with Crippen LogP contribution in [0.4, 0.5) is 5.69 Å². The molecule has 9 heteroatoms. The lowest BCUT2D eigenvalue weighted by Crippen LogP contribution is -2.60. The lowest BCUT2D eigenvalue weighted by atomic mass is 10.0. The first kappa shape index (κ1) is 20.9. The van der Waals surface area contributed by atoms with E-state index in [4.69, 9.17) is 9.47 Å². The number of ether oxygens (including phenoxy) is 2. The molecule has 8 nitrogen and oxygen atoms in total. The number of aromatic amines is 1. The second-order valence-corrected chi connectivity index (χ2v) is 7.67. The van der Waals surface area contributed by atoms with Gasteiger partial charge in [0, 0.05) is 17.6 Å². The summed E-state index contributed by atoms with van der Waals surface area (Å²) in [5.41, 5.74) is 2.17. The highest BCUT2D eigenvalue weighted by atomic mass is 32.2. The van der Waals surface area contributed by atoms with Gasteiger partial charge in [-0.3, -0.25) is 14.6 Å². The number of hydrogen-bond donors (Lipinski definition) is 1. The predicted molar refractivity (Wildman–Crippen MR) is 118 cm³/mol. The van der Waals surface area contributed by atoms with Crippen molar-refractivity contribution in [2.75, 3.05) is 24.9 Å². The van der Waals surface area contributed by atoms with Crippen molar-refractivity contribution in [2.24, 2.45) is 0 Å². The first-order chi connectivity index (χ1) is 15.0. The largest absolute Gasteiger partial charge is 0.493 e. The van der Waals surface area contributed by atoms with Crippen LogP contribution >= 0.6 is 11.8 Å². The molecule has 2 heterocycles. The number of thioether (sulfide) groups is 1. The van der Waals surface area contributed by atoms with Gasteiger partial charge in [-0.2, -0.15) is 0 Å². The average Bonchev–Trinajstić information content (AvgIpc) is 2.77. The second kappa shape index (κ2) is 8.43. The van der Waals surface area contributed by atoms with Gasteiger partial charge in [0.05, 0.1) is 25.0 Å². The minimum absolute atomic E-state index is 0.169. The number of anilines is 1. The van der Waals surface area contributed by atoms with Gasteiger partial charge in [0.2, 0.25) is 11.1 Å². The van der Waals surface area contributed by atoms with Gasteiger partial charge in [0.15, 0.2) is 11.5 Å². The highest BCUT2D eigenvalue weighted by molar-refractivity contribution is 7.98. The summed E-state index contributed by atoms with van der Waals surface area (Å²) in [5.74, 6) is 0.976. The van der Waals surface area contributed by atoms with Gasteiger partial charge >= 0.3 is 11.3 Å². The molecule has 0 unspecified atom stereocenters. The van der Waals surface area contributed by atoms with Gasteiger partial charge < -0.3 is 9.47 Å². The SMILES string of the molecule is CCOc1cc([C@H]2N(C(C)=O)c3ccccc3-c3c(=O)[nH]c(SC)n[n+]32)ccc1OC. The number of amides is 1. The molecular weight excluding hydrogens is 416 g/mol. The molecule has 160 valence electrons. The van der Waals surface area contributed by atoms with Crippen molar-refractivity contribution in [1.29, 1.82) is 0 Å². The van der Waals surface area contributed by atoms with Crippen molar-refractivity contribution < 1.29 is 19.0 Å². The predicted octanol–water partition coefficient (Wildman–Crippen LogP) is 2.77. The van der Waals surface area contributed by atoms with Crippen molar-refractivity contribution in [3.8, 4) is 22.8 Å². The maximum absolute atomic E-state index is 13.1. The van der Waals surface area contributed by atoms with Crippen LogP contribution in [0.2, 0.25) is 0 Å². The van der Waals surface area contributed by atoms with Crippen LogP contribution in [0.1, 0.15) is 25.6 Å². The molecule has 1 aromatic heterocycles. The minimum Gasteiger partial charge on any atom is -0.493 e. The molecular formula is C22H23N4O4S+. The molecule has 0 spiro atoms. The van der Waals surface area contributed by atoms with Crippen molar-refractivity contribution in [2.45, 2.75) is 25.2 Å². The van der Waals surface area contributed by atoms with E-state index in [9.17, 15) is 9.59 Å². The highest BCUT2D eigenvalue weighted by Gasteiger charge is 2.45. The summed E-state index contributed by atoms with van der Waals surface area (Å²) in [6.45, 7) is 3.85. The molecule has 0 aliphatic carbocycles. The Morgan fingerprint density at radius 2 is 2.03 bits per heavy atom. The van der Waals surface area contributed by atoms with E-state index >= 15 is 0 Å². The first-order valence-electron chi connectivity index (χ1n) is 9.80. The minimum atomic E-state index is -0.666. The van der Waals surface area contributed by atoms with E-state index in [0.29, 0.717) is 40.2 Å². The van der Waals surface area contributed by atoms with Gasteiger partial charge in [0.1, 0.15) is 0 Å². The van der Waals surface area contributed by atoms with Crippen molar-refractivity contribution in [3.63, 3.8) is 0 Å². The van der Waals surface area contributed by atoms with Crippen LogP contribution in [0.15, 0.2) is 52.4 Å². The third kappa shape index (κ3) is 3.54. The quantitative estimate of drug-likeness (QED) is 0.486. The summed E-state index contributed by atoms with van der Waals surface area (Å²) in [6.07, 6.45) is 1.17. The van der Waals surface area contributed by atoms with E-state index in [0.717, 1.165) is 5.56 Å². The van der Waals surface area contributed by atoms with Crippen LogP contribution in [-0.2, 0) is 4.79 Å². The summed E-state index contributed by atoms with van der Waals surface area (Å²) >= 11 is 1.33. The molecule has 0 bridgehead atoms. The van der Waals surface area contributed by atoms with E-state index < -0.39 is 6.17 Å². The molecule has 4 rings (SSSR count). The van der Waals surface area contributed by atoms with Crippen LogP contribution in [0.25, 0.3) is 11.3 Å². The number of fused-ring (bicyclic) bond motifs is 3. The number of hydrogen-bond acceptors (Lipinski definition) is 6. The highest BCUT2D eigenvalue weighted by Crippen LogP contribution is 2.39. The second-order valence-electron chi connectivity index (χ2n) is 6.88. The molecule has 2 aromatic carbocycles. The zero-order valence-corrected chi connectivity index (χ0v) is 18.5. The van der Waals surface area contributed by atoms with Crippen LogP contribution in [0.5, 0.6) is 11.5 Å². The van der Waals surface area contributed by atoms with Gasteiger partial charge in [-0.15, -0.1) is 0 Å². The number of methoxy groups -OCH3 is 1. The van der Waals surface area contributed by atoms with Crippen LogP contribution in [0, 0.1) is 0 Å². The molecule has 1 aliphatic heterocycles.